The van der Waals surface area contributed by atoms with Crippen LogP contribution in [0.3, 0.4) is 0 Å². The first-order valence-corrected chi connectivity index (χ1v) is 33.1. The molecule has 4 heterocycles. The van der Waals surface area contributed by atoms with Crippen molar-refractivity contribution in [1.29, 1.82) is 21.6 Å². The molecule has 0 saturated heterocycles. The van der Waals surface area contributed by atoms with Gasteiger partial charge in [-0.25, -0.2) is 4.79 Å². The number of aliphatic carboxylic acids is 1. The van der Waals surface area contributed by atoms with Gasteiger partial charge in [-0.05, 0) is 97.9 Å². The van der Waals surface area contributed by atoms with E-state index < -0.39 is 95.7 Å². The highest BCUT2D eigenvalue weighted by atomic mass is 16.4. The second-order valence-electron chi connectivity index (χ2n) is 24.6. The Labute approximate surface area is 580 Å². The molecule has 33 heteroatoms. The number of nitrogens with one attached hydrogen (secondary N) is 19. The van der Waals surface area contributed by atoms with Crippen LogP contribution in [0.25, 0.3) is 43.6 Å². The summed E-state index contributed by atoms with van der Waals surface area (Å²) in [6, 6.07) is 17.8. The van der Waals surface area contributed by atoms with Crippen molar-refractivity contribution in [3.8, 4) is 0 Å². The smallest absolute Gasteiger partial charge is 0.326 e. The first-order valence-electron chi connectivity index (χ1n) is 33.1. The number of hydrogen-bond donors (Lipinski definition) is 25. The second kappa shape index (κ2) is 36.4. The van der Waals surface area contributed by atoms with Gasteiger partial charge < -0.3 is 112 Å². The van der Waals surface area contributed by atoms with Crippen molar-refractivity contribution in [1.82, 2.24) is 78.4 Å². The average Bonchev–Trinajstić information content (AvgIpc) is 1.62. The summed E-state index contributed by atoms with van der Waals surface area (Å²) in [4.78, 5) is 130. The van der Waals surface area contributed by atoms with Crippen LogP contribution < -0.4 is 87.2 Å². The fraction of sp³-hybridized carbons (Fsp3) is 0.353. The molecule has 0 aliphatic carbocycles. The summed E-state index contributed by atoms with van der Waals surface area (Å²) in [6.07, 6.45) is 6.84. The van der Waals surface area contributed by atoms with E-state index in [1.54, 1.807) is 43.0 Å². The van der Waals surface area contributed by atoms with Crippen LogP contribution in [-0.4, -0.2) is 171 Å². The van der Waals surface area contributed by atoms with E-state index in [4.69, 9.17) is 50.3 Å². The minimum absolute atomic E-state index is 0.0141. The predicted octanol–water partition coefficient (Wildman–Crippen LogP) is -0.259. The maximum atomic E-state index is 15.7. The second-order valence-corrected chi connectivity index (χ2v) is 24.6. The van der Waals surface area contributed by atoms with Crippen molar-refractivity contribution in [3.63, 3.8) is 0 Å². The number of guanidine groups is 4. The number of rotatable bonds is 39. The van der Waals surface area contributed by atoms with Gasteiger partial charge in [-0.2, -0.15) is 0 Å². The van der Waals surface area contributed by atoms with E-state index >= 15 is 19.2 Å². The summed E-state index contributed by atoms with van der Waals surface area (Å²) >= 11 is 0. The van der Waals surface area contributed by atoms with Gasteiger partial charge in [-0.1, -0.05) is 72.8 Å². The van der Waals surface area contributed by atoms with E-state index in [1.807, 2.05) is 78.9 Å². The lowest BCUT2D eigenvalue weighted by Crippen LogP contribution is -2.61. The normalized spacial score (nSPS) is 13.6. The number of H-pyrrole nitrogens is 4. The van der Waals surface area contributed by atoms with Crippen LogP contribution >= 0.6 is 0 Å². The maximum Gasteiger partial charge on any atom is 0.326 e. The van der Waals surface area contributed by atoms with Crippen molar-refractivity contribution < 1.29 is 43.5 Å². The van der Waals surface area contributed by atoms with Crippen LogP contribution in [0, 0.1) is 21.6 Å². The molecular formula is C68H90N24O9. The van der Waals surface area contributed by atoms with Crippen LogP contribution in [0.4, 0.5) is 0 Å². The van der Waals surface area contributed by atoms with Gasteiger partial charge in [0.05, 0.1) is 6.04 Å². The Morgan fingerprint density at radius 3 is 0.842 bits per heavy atom. The molecule has 30 N–H and O–H groups in total. The van der Waals surface area contributed by atoms with Crippen LogP contribution in [0.15, 0.2) is 122 Å². The molecule has 0 aliphatic rings. The molecule has 0 unspecified atom stereocenters. The fourth-order valence-corrected chi connectivity index (χ4v) is 11.9. The highest BCUT2D eigenvalue weighted by Gasteiger charge is 2.36. The topological polar surface area (TPSA) is 578 Å². The molecule has 8 atom stereocenters. The molecule has 536 valence electrons. The van der Waals surface area contributed by atoms with Crippen LogP contribution in [0.2, 0.25) is 0 Å². The Hall–Kier alpha value is -12.2. The number of hydrogen-bond acceptors (Lipinski definition) is 13. The van der Waals surface area contributed by atoms with Crippen molar-refractivity contribution in [2.24, 2.45) is 28.7 Å². The Balaban J connectivity index is 1.14. The van der Waals surface area contributed by atoms with Gasteiger partial charge >= 0.3 is 5.97 Å². The Bertz CT molecular complexity index is 4250. The van der Waals surface area contributed by atoms with Gasteiger partial charge in [0.15, 0.2) is 23.8 Å². The molecule has 0 radical (unpaired) electrons. The largest absolute Gasteiger partial charge is 0.480 e. The number of carbonyl (C=O) groups is 8. The van der Waals surface area contributed by atoms with E-state index in [1.165, 1.54) is 0 Å². The molecule has 33 nitrogen and oxygen atoms in total. The number of nitrogens with two attached hydrogens (primary N) is 5. The Morgan fingerprint density at radius 2 is 0.564 bits per heavy atom. The van der Waals surface area contributed by atoms with E-state index in [-0.39, 0.29) is 121 Å². The third kappa shape index (κ3) is 21.9. The van der Waals surface area contributed by atoms with Gasteiger partial charge in [0.2, 0.25) is 41.4 Å². The summed E-state index contributed by atoms with van der Waals surface area (Å²) in [5.74, 6) is -8.43. The monoisotopic (exact) mass is 1390 g/mol. The lowest BCUT2D eigenvalue weighted by molar-refractivity contribution is -0.142. The van der Waals surface area contributed by atoms with E-state index in [0.29, 0.717) is 61.4 Å². The third-order valence-electron chi connectivity index (χ3n) is 17.1. The van der Waals surface area contributed by atoms with E-state index in [0.717, 1.165) is 10.9 Å². The molecule has 8 aromatic rings. The lowest BCUT2D eigenvalue weighted by Gasteiger charge is -2.28. The van der Waals surface area contributed by atoms with Crippen molar-refractivity contribution in [3.05, 3.63) is 144 Å². The summed E-state index contributed by atoms with van der Waals surface area (Å²) in [6.45, 7) is 0.611. The summed E-state index contributed by atoms with van der Waals surface area (Å²) < 4.78 is 0. The number of carboxylic acid groups (broad SMARTS) is 1. The number of para-hydroxylation sites is 4. The highest BCUT2D eigenvalue weighted by molar-refractivity contribution is 6.00. The molecule has 8 rings (SSSR count). The molecule has 0 aliphatic heterocycles. The minimum atomic E-state index is -1.53. The molecule has 101 heavy (non-hydrogen) atoms. The van der Waals surface area contributed by atoms with Crippen LogP contribution in [0.1, 0.15) is 73.6 Å². The van der Waals surface area contributed by atoms with Gasteiger partial charge in [-0.15, -0.1) is 0 Å². The van der Waals surface area contributed by atoms with Crippen LogP contribution in [0.5, 0.6) is 0 Å². The fourth-order valence-electron chi connectivity index (χ4n) is 11.9. The number of carbonyl (C=O) groups excluding carboxylic acids is 7. The summed E-state index contributed by atoms with van der Waals surface area (Å²) in [7, 11) is 0. The van der Waals surface area contributed by atoms with Crippen LogP contribution in [-0.2, 0) is 64.0 Å². The number of amides is 7. The summed E-state index contributed by atoms with van der Waals surface area (Å²) in [5.41, 5.74) is 33.5. The quantitative estimate of drug-likeness (QED) is 0.0134. The first-order chi connectivity index (χ1) is 48.5. The van der Waals surface area contributed by atoms with Gasteiger partial charge in [-0.3, -0.25) is 55.2 Å². The molecule has 0 saturated carbocycles. The van der Waals surface area contributed by atoms with Gasteiger partial charge in [0, 0.05) is 120 Å². The SMILES string of the molecule is N=C(N)NCCC[C@H](NC(=O)[C@H](CCCNC(=N)N)NC(=O)[C@H](Cc1c[nH]c2ccccc12)NC(=O)[C@H](Cc1c[nH]c2ccccc12)NC(=O)[C@H](Cc1c[nH]c2ccccc12)NC(=O)[C@H](Cc1c[nH]c2ccccc12)NC(=O)[C@H](CCCNC(=N)N)NC(=O)[C@@H](N)CCCNC(=N)N)C(=O)O. The standard InChI is InChI=1S/C68H90N24O9/c69-45(17-9-25-78-65(70)71)57(93)86-50(22-10-26-79-66(72)73)59(95)89-54(30-38-34-83-47-19-6-2-14-42(38)47)61(97)91-56(32-40-36-85-49-21-8-4-16-44(40)49)63(99)92-55(31-39-35-84-48-20-7-3-15-43(39)48)62(98)90-53(29-37-33-82-46-18-5-1-13-41(37)46)60(96)87-51(23-11-27-80-67(74)75)58(94)88-52(64(100)101)24-12-28-81-68(76)77/h1-8,13-16,18-21,33-36,45,50-56,82-85H,9-12,17,22-32,69H2,(H,86,93)(H,87,96)(H,88,94)(H,89,95)(H,90,98)(H,91,97)(H,92,99)(H,100,101)(H4,70,71,78)(H4,72,73,79)(H4,74,75,80)(H4,76,77,81)/t45-,50-,51-,52-,53-,54-,55-,56-/m0/s1. The zero-order chi connectivity index (χ0) is 72.5. The number of aromatic amines is 4. The molecule has 0 spiro atoms. The molecule has 7 amide bonds. The molecule has 4 aromatic carbocycles. The molecular weight excluding hydrogens is 1300 g/mol. The molecule has 0 fully saturated rings. The molecule has 0 bridgehead atoms. The van der Waals surface area contributed by atoms with Gasteiger partial charge in [0.1, 0.15) is 42.3 Å². The van der Waals surface area contributed by atoms with Gasteiger partial charge in [0.25, 0.3) is 0 Å². The summed E-state index contributed by atoms with van der Waals surface area (Å²) in [5, 5.41) is 73.6. The number of carboxylic acids is 1. The van der Waals surface area contributed by atoms with E-state index in [9.17, 15) is 24.3 Å². The van der Waals surface area contributed by atoms with Crippen molar-refractivity contribution in [2.75, 3.05) is 26.2 Å². The van der Waals surface area contributed by atoms with Crippen molar-refractivity contribution >= 4 is 115 Å². The maximum absolute atomic E-state index is 15.7. The zero-order valence-electron chi connectivity index (χ0n) is 55.6. The van der Waals surface area contributed by atoms with Crippen molar-refractivity contribution in [2.45, 2.75) is 125 Å². The Morgan fingerprint density at radius 1 is 0.337 bits per heavy atom. The molecule has 4 aromatic heterocycles. The number of fused-ring (bicyclic) bond motifs is 4. The number of aromatic nitrogens is 4. The third-order valence-corrected chi connectivity index (χ3v) is 17.1. The average molecular weight is 1390 g/mol. The highest BCUT2D eigenvalue weighted by Crippen LogP contribution is 2.25. The number of benzene rings is 4. The predicted molar refractivity (Wildman–Crippen MR) is 384 cm³/mol. The first kappa shape index (κ1) is 74.6. The zero-order valence-corrected chi connectivity index (χ0v) is 55.6. The Kier molecular flexibility index (Phi) is 26.9. The van der Waals surface area contributed by atoms with E-state index in [2.05, 4.69) is 78.4 Å². The lowest BCUT2D eigenvalue weighted by atomic mass is 9.99. The minimum Gasteiger partial charge on any atom is -0.480 e.